The van der Waals surface area contributed by atoms with Crippen LogP contribution < -0.4 is 5.73 Å². The van der Waals surface area contributed by atoms with E-state index in [1.54, 1.807) is 0 Å². The smallest absolute Gasteiger partial charge is 0.0382 e. The first kappa shape index (κ1) is 15.8. The molecule has 0 aromatic heterocycles. The Hall–Kier alpha value is -1.24. The van der Waals surface area contributed by atoms with Crippen LogP contribution in [0, 0.1) is 27.7 Å². The predicted octanol–water partition coefficient (Wildman–Crippen LogP) is 4.95. The summed E-state index contributed by atoms with van der Waals surface area (Å²) in [5, 5.41) is 0. The van der Waals surface area contributed by atoms with Gasteiger partial charge in [0.1, 0.15) is 0 Å². The number of hydrogen-bond donors (Lipinski definition) is 1. The van der Waals surface area contributed by atoms with Crippen molar-refractivity contribution in [3.8, 4) is 0 Å². The zero-order valence-electron chi connectivity index (χ0n) is 12.7. The zero-order chi connectivity index (χ0) is 13.7. The summed E-state index contributed by atoms with van der Waals surface area (Å²) in [6, 6.07) is 0. The fraction of sp³-hybridized carbons (Fsp3) is 0.500. The molecular formula is C16H27N. The first-order valence-electron chi connectivity index (χ1n) is 6.37. The molecule has 0 unspecified atom stereocenters. The van der Waals surface area contributed by atoms with Gasteiger partial charge in [0, 0.05) is 5.69 Å². The van der Waals surface area contributed by atoms with Crippen LogP contribution in [0.15, 0.2) is 5.57 Å². The third-order valence-electron chi connectivity index (χ3n) is 3.17. The number of nitrogen functional groups attached to an aromatic ring is 1. The Morgan fingerprint density at radius 3 is 1.71 bits per heavy atom. The molecule has 0 radical (unpaired) electrons. The molecule has 1 heteroatoms. The predicted molar refractivity (Wildman–Crippen MR) is 80.5 cm³/mol. The van der Waals surface area contributed by atoms with Gasteiger partial charge in [-0.3, -0.25) is 0 Å². The number of nitrogens with two attached hydrogens (primary N) is 1. The fourth-order valence-corrected chi connectivity index (χ4v) is 1.90. The highest BCUT2D eigenvalue weighted by molar-refractivity contribution is 5.71. The maximum absolute atomic E-state index is 6.10. The van der Waals surface area contributed by atoms with Crippen LogP contribution >= 0.6 is 0 Å². The van der Waals surface area contributed by atoms with Gasteiger partial charge in [-0.2, -0.15) is 0 Å². The van der Waals surface area contributed by atoms with Gasteiger partial charge in [0.05, 0.1) is 0 Å². The van der Waals surface area contributed by atoms with Crippen LogP contribution in [0.1, 0.15) is 55.5 Å². The summed E-state index contributed by atoms with van der Waals surface area (Å²) >= 11 is 0. The molecule has 0 heterocycles. The number of anilines is 1. The van der Waals surface area contributed by atoms with E-state index in [0.29, 0.717) is 0 Å². The van der Waals surface area contributed by atoms with Crippen LogP contribution in [0.2, 0.25) is 0 Å². The van der Waals surface area contributed by atoms with Crippen molar-refractivity contribution in [3.05, 3.63) is 33.4 Å². The van der Waals surface area contributed by atoms with E-state index in [1.807, 2.05) is 13.8 Å². The molecule has 96 valence electrons. The lowest BCUT2D eigenvalue weighted by atomic mass is 9.91. The lowest BCUT2D eigenvalue weighted by Gasteiger charge is -2.16. The second-order valence-electron chi connectivity index (χ2n) is 4.55. The van der Waals surface area contributed by atoms with Crippen molar-refractivity contribution in [1.29, 1.82) is 0 Å². The Morgan fingerprint density at radius 1 is 0.824 bits per heavy atom. The summed E-state index contributed by atoms with van der Waals surface area (Å²) in [6.07, 6.45) is 2.22. The molecule has 0 aliphatic heterocycles. The minimum atomic E-state index is 0.936. The summed E-state index contributed by atoms with van der Waals surface area (Å²) in [6.45, 7) is 16.7. The minimum absolute atomic E-state index is 0.936. The van der Waals surface area contributed by atoms with Gasteiger partial charge in [0.15, 0.2) is 0 Å². The van der Waals surface area contributed by atoms with E-state index in [1.165, 1.54) is 33.4 Å². The molecule has 0 aliphatic rings. The molecule has 1 aromatic carbocycles. The van der Waals surface area contributed by atoms with Crippen LogP contribution in [0.4, 0.5) is 5.69 Å². The van der Waals surface area contributed by atoms with Crippen molar-refractivity contribution < 1.29 is 0 Å². The van der Waals surface area contributed by atoms with Crippen LogP contribution in [-0.4, -0.2) is 0 Å². The Balaban J connectivity index is 0.00000121. The second kappa shape index (κ2) is 6.48. The minimum Gasteiger partial charge on any atom is -0.398 e. The number of allylic oxidation sites excluding steroid dienone is 1. The third-order valence-corrected chi connectivity index (χ3v) is 3.17. The zero-order valence-corrected chi connectivity index (χ0v) is 12.7. The Labute approximate surface area is 107 Å². The molecule has 0 spiro atoms. The lowest BCUT2D eigenvalue weighted by molar-refractivity contribution is 1.22. The summed E-state index contributed by atoms with van der Waals surface area (Å²) in [4.78, 5) is 0. The van der Waals surface area contributed by atoms with E-state index in [-0.39, 0.29) is 0 Å². The molecule has 1 rings (SSSR count). The molecule has 17 heavy (non-hydrogen) atoms. The van der Waals surface area contributed by atoms with E-state index >= 15 is 0 Å². The van der Waals surface area contributed by atoms with E-state index < -0.39 is 0 Å². The Kier molecular flexibility index (Phi) is 6.01. The molecule has 1 aromatic rings. The normalized spacial score (nSPS) is 9.41. The number of benzene rings is 1. The maximum Gasteiger partial charge on any atom is 0.0382 e. The highest BCUT2D eigenvalue weighted by atomic mass is 14.6. The first-order chi connectivity index (χ1) is 7.86. The average Bonchev–Trinajstić information content (AvgIpc) is 2.32. The first-order valence-corrected chi connectivity index (χ1v) is 6.37. The van der Waals surface area contributed by atoms with E-state index in [9.17, 15) is 0 Å². The van der Waals surface area contributed by atoms with Gasteiger partial charge in [-0.15, -0.1) is 0 Å². The van der Waals surface area contributed by atoms with Gasteiger partial charge in [0.25, 0.3) is 0 Å². The van der Waals surface area contributed by atoms with Gasteiger partial charge in [-0.05, 0) is 69.4 Å². The molecule has 0 fully saturated rings. The topological polar surface area (TPSA) is 26.0 Å². The van der Waals surface area contributed by atoms with Gasteiger partial charge in [-0.25, -0.2) is 0 Å². The number of hydrogen-bond acceptors (Lipinski definition) is 1. The molecule has 0 saturated carbocycles. The molecule has 0 saturated heterocycles. The molecule has 0 atom stereocenters. The summed E-state index contributed by atoms with van der Waals surface area (Å²) in [5.74, 6) is 0. The molecule has 0 amide bonds. The van der Waals surface area contributed by atoms with Crippen molar-refractivity contribution >= 4 is 11.8 Å². The highest BCUT2D eigenvalue weighted by Crippen LogP contribution is 2.29. The largest absolute Gasteiger partial charge is 0.398 e. The van der Waals surface area contributed by atoms with E-state index in [2.05, 4.69) is 47.6 Å². The summed E-state index contributed by atoms with van der Waals surface area (Å²) in [7, 11) is 0. The van der Waals surface area contributed by atoms with Crippen LogP contribution in [0.3, 0.4) is 0 Å². The van der Waals surface area contributed by atoms with Crippen LogP contribution in [0.5, 0.6) is 0 Å². The van der Waals surface area contributed by atoms with Gasteiger partial charge in [-0.1, -0.05) is 25.5 Å². The van der Waals surface area contributed by atoms with Gasteiger partial charge >= 0.3 is 0 Å². The monoisotopic (exact) mass is 233 g/mol. The lowest BCUT2D eigenvalue weighted by Crippen LogP contribution is -2.02. The third kappa shape index (κ3) is 3.36. The average molecular weight is 233 g/mol. The molecule has 2 N–H and O–H groups in total. The Morgan fingerprint density at radius 2 is 1.29 bits per heavy atom. The summed E-state index contributed by atoms with van der Waals surface area (Å²) < 4.78 is 0. The second-order valence-corrected chi connectivity index (χ2v) is 4.55. The molecular weight excluding hydrogens is 206 g/mol. The van der Waals surface area contributed by atoms with Crippen molar-refractivity contribution in [2.75, 3.05) is 5.73 Å². The summed E-state index contributed by atoms with van der Waals surface area (Å²) in [5.41, 5.74) is 14.7. The SMILES string of the molecule is CC.CC(C)=Cc1c(C)c(C)c(C)c(N)c1C. The van der Waals surface area contributed by atoms with Crippen molar-refractivity contribution in [3.63, 3.8) is 0 Å². The maximum atomic E-state index is 6.10. The van der Waals surface area contributed by atoms with Gasteiger partial charge < -0.3 is 5.73 Å². The van der Waals surface area contributed by atoms with Crippen molar-refractivity contribution in [2.24, 2.45) is 0 Å². The number of rotatable bonds is 1. The van der Waals surface area contributed by atoms with E-state index in [4.69, 9.17) is 5.73 Å². The molecule has 0 bridgehead atoms. The van der Waals surface area contributed by atoms with E-state index in [0.717, 1.165) is 5.69 Å². The Bertz CT molecular complexity index is 393. The van der Waals surface area contributed by atoms with Crippen LogP contribution in [0.25, 0.3) is 6.08 Å². The van der Waals surface area contributed by atoms with Crippen molar-refractivity contribution in [2.45, 2.75) is 55.4 Å². The van der Waals surface area contributed by atoms with Crippen LogP contribution in [-0.2, 0) is 0 Å². The van der Waals surface area contributed by atoms with Gasteiger partial charge in [0.2, 0.25) is 0 Å². The standard InChI is InChI=1S/C14H21N.C2H6/c1-8(2)7-13-10(4)9(3)11(5)14(15)12(13)6;1-2/h7H,15H2,1-6H3;1-2H3. The fourth-order valence-electron chi connectivity index (χ4n) is 1.90. The molecule has 0 aliphatic carbocycles. The van der Waals surface area contributed by atoms with Crippen molar-refractivity contribution in [1.82, 2.24) is 0 Å². The quantitative estimate of drug-likeness (QED) is 0.682. The highest BCUT2D eigenvalue weighted by Gasteiger charge is 2.10. The molecule has 1 nitrogen and oxygen atoms in total.